The van der Waals surface area contributed by atoms with Gasteiger partial charge in [0.25, 0.3) is 0 Å². The van der Waals surface area contributed by atoms with Gasteiger partial charge in [0.1, 0.15) is 10.7 Å². The maximum Gasteiger partial charge on any atom is 0.242 e. The number of rotatable bonds is 3. The second kappa shape index (κ2) is 5.94. The van der Waals surface area contributed by atoms with Gasteiger partial charge in [0, 0.05) is 18.3 Å². The maximum absolute atomic E-state index is 13.0. The topological polar surface area (TPSA) is 85.1 Å². The molecule has 1 heterocycles. The number of sulfonamides is 1. The van der Waals surface area contributed by atoms with Crippen LogP contribution in [-0.4, -0.2) is 25.5 Å². The summed E-state index contributed by atoms with van der Waals surface area (Å²) >= 11 is 0. The van der Waals surface area contributed by atoms with Crippen molar-refractivity contribution in [2.24, 2.45) is 5.73 Å². The van der Waals surface area contributed by atoms with Gasteiger partial charge in [0.15, 0.2) is 0 Å². The summed E-state index contributed by atoms with van der Waals surface area (Å²) in [5, 5.41) is 0. The highest BCUT2D eigenvalue weighted by Gasteiger charge is 2.26. The molecule has 19 heavy (non-hydrogen) atoms. The number of nitrogens with zero attached hydrogens (tertiary/aromatic N) is 1. The van der Waals surface area contributed by atoms with Crippen molar-refractivity contribution in [2.45, 2.75) is 49.1 Å². The van der Waals surface area contributed by atoms with Crippen molar-refractivity contribution in [1.82, 2.24) is 9.71 Å². The molecule has 0 amide bonds. The van der Waals surface area contributed by atoms with Gasteiger partial charge in [-0.05, 0) is 18.9 Å². The Morgan fingerprint density at radius 1 is 1.26 bits per heavy atom. The molecule has 2 atom stereocenters. The Labute approximate surface area is 112 Å². The van der Waals surface area contributed by atoms with Crippen LogP contribution in [0, 0.1) is 5.82 Å². The molecule has 1 aliphatic carbocycles. The molecule has 5 nitrogen and oxygen atoms in total. The average molecular weight is 287 g/mol. The monoisotopic (exact) mass is 287 g/mol. The van der Waals surface area contributed by atoms with Crippen LogP contribution in [0.4, 0.5) is 4.39 Å². The van der Waals surface area contributed by atoms with E-state index in [-0.39, 0.29) is 17.0 Å². The normalized spacial score (nSPS) is 24.9. The molecule has 0 bridgehead atoms. The minimum Gasteiger partial charge on any atom is -0.326 e. The third-order valence-corrected chi connectivity index (χ3v) is 4.82. The van der Waals surface area contributed by atoms with E-state index in [9.17, 15) is 12.8 Å². The van der Waals surface area contributed by atoms with Gasteiger partial charge in [-0.1, -0.05) is 19.3 Å². The highest BCUT2D eigenvalue weighted by molar-refractivity contribution is 7.89. The zero-order valence-corrected chi connectivity index (χ0v) is 11.4. The second-order valence-electron chi connectivity index (χ2n) is 4.87. The summed E-state index contributed by atoms with van der Waals surface area (Å²) in [6, 6.07) is 0.465. The Balaban J connectivity index is 2.16. The standard InChI is InChI=1S/C12H18FN3O2S/c13-9-6-10(8-15-7-9)19(17,18)16-12-5-3-1-2-4-11(12)14/h6-8,11-12,16H,1-5,14H2. The molecule has 0 saturated heterocycles. The van der Waals surface area contributed by atoms with Crippen molar-refractivity contribution in [3.05, 3.63) is 24.3 Å². The van der Waals surface area contributed by atoms with Crippen LogP contribution in [0.3, 0.4) is 0 Å². The van der Waals surface area contributed by atoms with E-state index in [1.165, 1.54) is 0 Å². The number of hydrogen-bond acceptors (Lipinski definition) is 4. The molecule has 0 aliphatic heterocycles. The fourth-order valence-corrected chi connectivity index (χ4v) is 3.58. The summed E-state index contributed by atoms with van der Waals surface area (Å²) in [6.45, 7) is 0. The molecule has 1 fully saturated rings. The Kier molecular flexibility index (Phi) is 4.49. The molecule has 0 radical (unpaired) electrons. The number of nitrogens with one attached hydrogen (secondary N) is 1. The third-order valence-electron chi connectivity index (χ3n) is 3.37. The predicted octanol–water partition coefficient (Wildman–Crippen LogP) is 1.16. The number of aromatic nitrogens is 1. The quantitative estimate of drug-likeness (QED) is 0.817. The van der Waals surface area contributed by atoms with Gasteiger partial charge in [-0.2, -0.15) is 0 Å². The molecular weight excluding hydrogens is 269 g/mol. The summed E-state index contributed by atoms with van der Waals surface area (Å²) < 4.78 is 39.9. The van der Waals surface area contributed by atoms with Crippen LogP contribution >= 0.6 is 0 Å². The van der Waals surface area contributed by atoms with Crippen LogP contribution in [-0.2, 0) is 10.0 Å². The Hall–Kier alpha value is -1.05. The first kappa shape index (κ1) is 14.4. The summed E-state index contributed by atoms with van der Waals surface area (Å²) in [5.74, 6) is -0.673. The zero-order chi connectivity index (χ0) is 13.9. The molecule has 3 N–H and O–H groups in total. The van der Waals surface area contributed by atoms with Crippen LogP contribution in [0.2, 0.25) is 0 Å². The van der Waals surface area contributed by atoms with Gasteiger partial charge in [-0.15, -0.1) is 0 Å². The van der Waals surface area contributed by atoms with Crippen LogP contribution in [0.15, 0.2) is 23.4 Å². The first-order chi connectivity index (χ1) is 8.99. The number of hydrogen-bond donors (Lipinski definition) is 2. The van der Waals surface area contributed by atoms with Crippen molar-refractivity contribution < 1.29 is 12.8 Å². The average Bonchev–Trinajstić information content (AvgIpc) is 2.55. The van der Waals surface area contributed by atoms with Crippen LogP contribution in [0.1, 0.15) is 32.1 Å². The summed E-state index contributed by atoms with van der Waals surface area (Å²) in [7, 11) is -3.76. The van der Waals surface area contributed by atoms with Crippen molar-refractivity contribution in [3.8, 4) is 0 Å². The van der Waals surface area contributed by atoms with Gasteiger partial charge in [-0.25, -0.2) is 17.5 Å². The van der Waals surface area contributed by atoms with Crippen LogP contribution < -0.4 is 10.5 Å². The molecule has 2 unspecified atom stereocenters. The predicted molar refractivity (Wildman–Crippen MR) is 69.4 cm³/mol. The lowest BCUT2D eigenvalue weighted by Crippen LogP contribution is -2.46. The number of pyridine rings is 1. The van der Waals surface area contributed by atoms with E-state index in [0.29, 0.717) is 6.42 Å². The Morgan fingerprint density at radius 2 is 2.00 bits per heavy atom. The Morgan fingerprint density at radius 3 is 2.74 bits per heavy atom. The molecule has 0 spiro atoms. The lowest BCUT2D eigenvalue weighted by Gasteiger charge is -2.22. The fraction of sp³-hybridized carbons (Fsp3) is 0.583. The van der Waals surface area contributed by atoms with Crippen molar-refractivity contribution in [3.63, 3.8) is 0 Å². The summed E-state index contributed by atoms with van der Waals surface area (Å²) in [5.41, 5.74) is 5.98. The first-order valence-electron chi connectivity index (χ1n) is 6.37. The number of nitrogens with two attached hydrogens (primary N) is 1. The van der Waals surface area contributed by atoms with E-state index >= 15 is 0 Å². The van der Waals surface area contributed by atoms with Crippen molar-refractivity contribution in [1.29, 1.82) is 0 Å². The zero-order valence-electron chi connectivity index (χ0n) is 10.5. The van der Waals surface area contributed by atoms with E-state index in [0.717, 1.165) is 44.1 Å². The smallest absolute Gasteiger partial charge is 0.242 e. The number of halogens is 1. The van der Waals surface area contributed by atoms with E-state index < -0.39 is 15.8 Å². The highest BCUT2D eigenvalue weighted by atomic mass is 32.2. The van der Waals surface area contributed by atoms with E-state index in [1.807, 2.05) is 0 Å². The van der Waals surface area contributed by atoms with Gasteiger partial charge >= 0.3 is 0 Å². The minimum absolute atomic E-state index is 0.163. The summed E-state index contributed by atoms with van der Waals surface area (Å²) in [4.78, 5) is 3.39. The van der Waals surface area contributed by atoms with Gasteiger partial charge in [0.2, 0.25) is 10.0 Å². The summed E-state index contributed by atoms with van der Waals surface area (Å²) in [6.07, 6.45) is 6.64. The largest absolute Gasteiger partial charge is 0.326 e. The molecular formula is C12H18FN3O2S. The van der Waals surface area contributed by atoms with E-state index in [2.05, 4.69) is 9.71 Å². The second-order valence-corrected chi connectivity index (χ2v) is 6.58. The molecule has 0 aromatic carbocycles. The van der Waals surface area contributed by atoms with Crippen molar-refractivity contribution in [2.75, 3.05) is 0 Å². The van der Waals surface area contributed by atoms with Crippen molar-refractivity contribution >= 4 is 10.0 Å². The lowest BCUT2D eigenvalue weighted by atomic mass is 10.1. The third kappa shape index (κ3) is 3.71. The SMILES string of the molecule is NC1CCCCCC1NS(=O)(=O)c1cncc(F)c1. The fourth-order valence-electron chi connectivity index (χ4n) is 2.29. The van der Waals surface area contributed by atoms with Gasteiger partial charge in [-0.3, -0.25) is 4.98 Å². The maximum atomic E-state index is 13.0. The van der Waals surface area contributed by atoms with Crippen LogP contribution in [0.5, 0.6) is 0 Å². The molecule has 106 valence electrons. The van der Waals surface area contributed by atoms with Gasteiger partial charge < -0.3 is 5.73 Å². The molecule has 1 aliphatic rings. The first-order valence-corrected chi connectivity index (χ1v) is 7.86. The molecule has 1 aromatic rings. The molecule has 2 rings (SSSR count). The van der Waals surface area contributed by atoms with E-state index in [4.69, 9.17) is 5.73 Å². The minimum atomic E-state index is -3.76. The van der Waals surface area contributed by atoms with Crippen LogP contribution in [0.25, 0.3) is 0 Å². The molecule has 1 saturated carbocycles. The molecule has 1 aromatic heterocycles. The lowest BCUT2D eigenvalue weighted by molar-refractivity contribution is 0.456. The Bertz CT molecular complexity index is 536. The van der Waals surface area contributed by atoms with E-state index in [1.54, 1.807) is 0 Å². The van der Waals surface area contributed by atoms with Gasteiger partial charge in [0.05, 0.1) is 6.20 Å². The molecule has 7 heteroatoms. The highest BCUT2D eigenvalue weighted by Crippen LogP contribution is 2.19.